The van der Waals surface area contributed by atoms with Gasteiger partial charge >= 0.3 is 6.18 Å². The second kappa shape index (κ2) is 5.95. The van der Waals surface area contributed by atoms with Crippen LogP contribution in [0.3, 0.4) is 0 Å². The average molecular weight is 273 g/mol. The maximum atomic E-state index is 12.1. The molecule has 0 heterocycles. The predicted octanol–water partition coefficient (Wildman–Crippen LogP) is 4.72. The minimum Gasteiger partial charge on any atom is -0.324 e. The van der Waals surface area contributed by atoms with Crippen molar-refractivity contribution in [2.75, 3.05) is 0 Å². The molecule has 0 saturated heterocycles. The van der Waals surface area contributed by atoms with Crippen LogP contribution in [0.25, 0.3) is 0 Å². The lowest BCUT2D eigenvalue weighted by molar-refractivity contribution is -0.135. The van der Waals surface area contributed by atoms with E-state index in [2.05, 4.69) is 20.8 Å². The highest BCUT2D eigenvalue weighted by Gasteiger charge is 2.26. The van der Waals surface area contributed by atoms with Crippen molar-refractivity contribution in [3.63, 3.8) is 0 Å². The maximum Gasteiger partial charge on any atom is 0.389 e. The van der Waals surface area contributed by atoms with E-state index in [1.165, 1.54) is 5.56 Å². The lowest BCUT2D eigenvalue weighted by Crippen LogP contribution is -2.14. The van der Waals surface area contributed by atoms with Crippen molar-refractivity contribution in [1.82, 2.24) is 0 Å². The highest BCUT2D eigenvalue weighted by Crippen LogP contribution is 2.27. The normalized spacial score (nSPS) is 14.5. The Kier molecular flexibility index (Phi) is 5.02. The Morgan fingerprint density at radius 3 is 2.00 bits per heavy atom. The summed E-state index contributed by atoms with van der Waals surface area (Å²) in [5.74, 6) is 0. The average Bonchev–Trinajstić information content (AvgIpc) is 2.26. The van der Waals surface area contributed by atoms with E-state index in [0.717, 1.165) is 5.56 Å². The van der Waals surface area contributed by atoms with E-state index < -0.39 is 12.6 Å². The molecule has 0 aliphatic rings. The largest absolute Gasteiger partial charge is 0.389 e. The first-order valence-corrected chi connectivity index (χ1v) is 6.52. The molecule has 1 nitrogen and oxygen atoms in total. The minimum atomic E-state index is -4.09. The summed E-state index contributed by atoms with van der Waals surface area (Å²) in [6.07, 6.45) is -4.42. The van der Waals surface area contributed by atoms with E-state index in [0.29, 0.717) is 6.42 Å². The second-order valence-electron chi connectivity index (χ2n) is 5.99. The Balaban J connectivity index is 2.56. The van der Waals surface area contributed by atoms with Gasteiger partial charge in [-0.25, -0.2) is 0 Å². The van der Waals surface area contributed by atoms with E-state index in [-0.39, 0.29) is 17.9 Å². The third kappa shape index (κ3) is 5.64. The van der Waals surface area contributed by atoms with Crippen molar-refractivity contribution >= 4 is 0 Å². The van der Waals surface area contributed by atoms with E-state index >= 15 is 0 Å². The number of halogens is 3. The summed E-state index contributed by atoms with van der Waals surface area (Å²) in [5, 5.41) is 0. The van der Waals surface area contributed by atoms with E-state index in [9.17, 15) is 13.2 Å². The zero-order chi connectivity index (χ0) is 14.7. The first-order chi connectivity index (χ1) is 8.59. The van der Waals surface area contributed by atoms with Crippen molar-refractivity contribution in [3.8, 4) is 0 Å². The van der Waals surface area contributed by atoms with Crippen LogP contribution >= 0.6 is 0 Å². The summed E-state index contributed by atoms with van der Waals surface area (Å²) in [5.41, 5.74) is 8.08. The van der Waals surface area contributed by atoms with Crippen LogP contribution in [0.5, 0.6) is 0 Å². The van der Waals surface area contributed by atoms with Gasteiger partial charge in [0.05, 0.1) is 0 Å². The van der Waals surface area contributed by atoms with Crippen molar-refractivity contribution in [3.05, 3.63) is 35.4 Å². The van der Waals surface area contributed by atoms with Crippen molar-refractivity contribution in [2.24, 2.45) is 5.73 Å². The van der Waals surface area contributed by atoms with E-state index in [4.69, 9.17) is 5.73 Å². The Labute approximate surface area is 113 Å². The van der Waals surface area contributed by atoms with Gasteiger partial charge in [0.15, 0.2) is 0 Å². The van der Waals surface area contributed by atoms with Crippen LogP contribution in [0.4, 0.5) is 13.2 Å². The molecule has 0 fully saturated rings. The van der Waals surface area contributed by atoms with Crippen molar-refractivity contribution in [1.29, 1.82) is 0 Å². The Morgan fingerprint density at radius 2 is 1.58 bits per heavy atom. The molecule has 4 heteroatoms. The number of benzene rings is 1. The minimum absolute atomic E-state index is 0.0684. The molecule has 108 valence electrons. The number of hydrogen-bond donors (Lipinski definition) is 1. The summed E-state index contributed by atoms with van der Waals surface area (Å²) in [6, 6.07) is 7.51. The lowest BCUT2D eigenvalue weighted by Gasteiger charge is -2.20. The first-order valence-electron chi connectivity index (χ1n) is 6.52. The van der Waals surface area contributed by atoms with Gasteiger partial charge in [-0.2, -0.15) is 13.2 Å². The van der Waals surface area contributed by atoms with Crippen LogP contribution in [-0.4, -0.2) is 6.18 Å². The summed E-state index contributed by atoms with van der Waals surface area (Å²) in [4.78, 5) is 0. The highest BCUT2D eigenvalue weighted by atomic mass is 19.4. The molecule has 0 aliphatic heterocycles. The molecule has 0 aliphatic carbocycles. The van der Waals surface area contributed by atoms with Crippen LogP contribution in [0.2, 0.25) is 0 Å². The highest BCUT2D eigenvalue weighted by molar-refractivity contribution is 5.29. The third-order valence-corrected chi connectivity index (χ3v) is 3.18. The molecule has 0 amide bonds. The fraction of sp³-hybridized carbons (Fsp3) is 0.600. The SMILES string of the molecule is CC(C)(C)c1ccc(C(N)CCCC(F)(F)F)cc1. The van der Waals surface area contributed by atoms with Gasteiger partial charge in [0.1, 0.15) is 0 Å². The number of rotatable bonds is 4. The molecular formula is C15H22F3N. The van der Waals surface area contributed by atoms with E-state index in [1.807, 2.05) is 24.3 Å². The van der Waals surface area contributed by atoms with Gasteiger partial charge in [0.2, 0.25) is 0 Å². The van der Waals surface area contributed by atoms with E-state index in [1.54, 1.807) is 0 Å². The molecule has 0 spiro atoms. The maximum absolute atomic E-state index is 12.1. The van der Waals surface area contributed by atoms with Gasteiger partial charge in [-0.15, -0.1) is 0 Å². The van der Waals surface area contributed by atoms with Gasteiger partial charge in [0.25, 0.3) is 0 Å². The lowest BCUT2D eigenvalue weighted by atomic mass is 9.86. The molecule has 1 aromatic rings. The van der Waals surface area contributed by atoms with Gasteiger partial charge in [-0.05, 0) is 29.4 Å². The first kappa shape index (κ1) is 16.0. The molecule has 1 aromatic carbocycles. The molecule has 0 bridgehead atoms. The smallest absolute Gasteiger partial charge is 0.324 e. The fourth-order valence-corrected chi connectivity index (χ4v) is 1.92. The van der Waals surface area contributed by atoms with Crippen LogP contribution in [0.15, 0.2) is 24.3 Å². The number of alkyl halides is 3. The number of hydrogen-bond acceptors (Lipinski definition) is 1. The van der Waals surface area contributed by atoms with Crippen molar-refractivity contribution < 1.29 is 13.2 Å². The zero-order valence-corrected chi connectivity index (χ0v) is 11.7. The van der Waals surface area contributed by atoms with Crippen molar-refractivity contribution in [2.45, 2.75) is 57.7 Å². The standard InChI is InChI=1S/C15H22F3N/c1-14(2,3)12-8-6-11(7-9-12)13(19)5-4-10-15(16,17)18/h6-9,13H,4-5,10,19H2,1-3H3. The Morgan fingerprint density at radius 1 is 1.05 bits per heavy atom. The molecule has 1 rings (SSSR count). The zero-order valence-electron chi connectivity index (χ0n) is 11.7. The summed E-state index contributed by atoms with van der Waals surface area (Å²) in [7, 11) is 0. The molecule has 0 radical (unpaired) electrons. The molecule has 2 N–H and O–H groups in total. The van der Waals surface area contributed by atoms with Crippen LogP contribution < -0.4 is 5.73 Å². The van der Waals surface area contributed by atoms with Gasteiger partial charge in [-0.1, -0.05) is 45.0 Å². The second-order valence-corrected chi connectivity index (χ2v) is 5.99. The van der Waals surface area contributed by atoms with Gasteiger partial charge in [0, 0.05) is 12.5 Å². The summed E-state index contributed by atoms with van der Waals surface area (Å²) in [6.45, 7) is 6.35. The number of nitrogens with two attached hydrogens (primary N) is 1. The molecule has 19 heavy (non-hydrogen) atoms. The predicted molar refractivity (Wildman–Crippen MR) is 72.0 cm³/mol. The van der Waals surface area contributed by atoms with Crippen LogP contribution in [-0.2, 0) is 5.41 Å². The summed E-state index contributed by atoms with van der Waals surface area (Å²) >= 11 is 0. The monoisotopic (exact) mass is 273 g/mol. The quantitative estimate of drug-likeness (QED) is 0.844. The topological polar surface area (TPSA) is 26.0 Å². The molecule has 0 aromatic heterocycles. The van der Waals surface area contributed by atoms with Gasteiger partial charge in [-0.3, -0.25) is 0 Å². The molecular weight excluding hydrogens is 251 g/mol. The fourth-order valence-electron chi connectivity index (χ4n) is 1.92. The van der Waals surface area contributed by atoms with Gasteiger partial charge < -0.3 is 5.73 Å². The van der Waals surface area contributed by atoms with Crippen LogP contribution in [0, 0.1) is 0 Å². The Hall–Kier alpha value is -1.03. The summed E-state index contributed by atoms with van der Waals surface area (Å²) < 4.78 is 36.2. The molecule has 0 saturated carbocycles. The Bertz CT molecular complexity index is 387. The van der Waals surface area contributed by atoms with Crippen LogP contribution in [0.1, 0.15) is 57.2 Å². The third-order valence-electron chi connectivity index (χ3n) is 3.18. The molecule has 1 unspecified atom stereocenters. The molecule has 1 atom stereocenters.